The van der Waals surface area contributed by atoms with E-state index in [4.69, 9.17) is 0 Å². The van der Waals surface area contributed by atoms with Crippen molar-refractivity contribution >= 4 is 12.1 Å². The van der Waals surface area contributed by atoms with Crippen LogP contribution in [0, 0.1) is 25.5 Å². The Balaban J connectivity index is 1.69. The van der Waals surface area contributed by atoms with Gasteiger partial charge in [-0.2, -0.15) is 10.2 Å². The zero-order valence-corrected chi connectivity index (χ0v) is 14.9. The number of carbonyl (C=O) groups is 1. The first-order chi connectivity index (χ1) is 12.9. The van der Waals surface area contributed by atoms with E-state index in [1.165, 1.54) is 30.5 Å². The molecule has 1 amide bonds. The topological polar surface area (TPSA) is 59.3 Å². The standard InChI is InChI=1S/C20H18F2N4O/c1-13-19(14(2)26(25-13)18-9-7-17(22)8-10-18)12-23-24-20(27)11-15-3-5-16(21)6-4-15/h3-10,12H,11H2,1-2H3,(H,24,27)/b23-12-. The molecule has 0 unspecified atom stereocenters. The summed E-state index contributed by atoms with van der Waals surface area (Å²) in [7, 11) is 0. The van der Waals surface area contributed by atoms with Gasteiger partial charge in [0.1, 0.15) is 11.6 Å². The Morgan fingerprint density at radius 2 is 1.67 bits per heavy atom. The van der Waals surface area contributed by atoms with Gasteiger partial charge in [0.15, 0.2) is 0 Å². The van der Waals surface area contributed by atoms with Gasteiger partial charge in [-0.25, -0.2) is 18.9 Å². The van der Waals surface area contributed by atoms with Crippen molar-refractivity contribution in [1.29, 1.82) is 0 Å². The predicted octanol–water partition coefficient (Wildman–Crippen LogP) is 3.46. The summed E-state index contributed by atoms with van der Waals surface area (Å²) in [6.07, 6.45) is 1.63. The molecule has 1 aromatic heterocycles. The average molecular weight is 368 g/mol. The van der Waals surface area contributed by atoms with Crippen molar-refractivity contribution in [2.45, 2.75) is 20.3 Å². The van der Waals surface area contributed by atoms with E-state index in [0.717, 1.165) is 22.6 Å². The molecule has 2 aromatic carbocycles. The number of halogens is 2. The predicted molar refractivity (Wildman–Crippen MR) is 98.8 cm³/mol. The van der Waals surface area contributed by atoms with Crippen molar-refractivity contribution in [1.82, 2.24) is 15.2 Å². The molecule has 7 heteroatoms. The largest absolute Gasteiger partial charge is 0.273 e. The molecule has 5 nitrogen and oxygen atoms in total. The fourth-order valence-corrected chi connectivity index (χ4v) is 2.67. The van der Waals surface area contributed by atoms with Crippen molar-refractivity contribution < 1.29 is 13.6 Å². The third kappa shape index (κ3) is 4.44. The molecule has 0 spiro atoms. The van der Waals surface area contributed by atoms with Crippen LogP contribution in [0.5, 0.6) is 0 Å². The minimum Gasteiger partial charge on any atom is -0.273 e. The summed E-state index contributed by atoms with van der Waals surface area (Å²) in [5.74, 6) is -0.966. The van der Waals surface area contributed by atoms with Gasteiger partial charge in [0, 0.05) is 5.56 Å². The molecular weight excluding hydrogens is 350 g/mol. The highest BCUT2D eigenvalue weighted by Gasteiger charge is 2.11. The van der Waals surface area contributed by atoms with Crippen LogP contribution < -0.4 is 5.43 Å². The molecule has 0 saturated carbocycles. The lowest BCUT2D eigenvalue weighted by Gasteiger charge is -2.04. The summed E-state index contributed by atoms with van der Waals surface area (Å²) >= 11 is 0. The normalized spacial score (nSPS) is 11.1. The van der Waals surface area contributed by atoms with E-state index in [1.807, 2.05) is 13.8 Å². The number of hydrogen-bond acceptors (Lipinski definition) is 3. The van der Waals surface area contributed by atoms with Gasteiger partial charge in [-0.1, -0.05) is 12.1 Å². The number of amides is 1. The van der Waals surface area contributed by atoms with Gasteiger partial charge in [-0.15, -0.1) is 0 Å². The molecule has 1 heterocycles. The molecule has 3 aromatic rings. The van der Waals surface area contributed by atoms with Crippen LogP contribution in [0.25, 0.3) is 5.69 Å². The van der Waals surface area contributed by atoms with Gasteiger partial charge in [-0.3, -0.25) is 4.79 Å². The SMILES string of the molecule is Cc1nn(-c2ccc(F)cc2)c(C)c1/C=N\NC(=O)Cc1ccc(F)cc1. The van der Waals surface area contributed by atoms with Crippen LogP contribution in [0.3, 0.4) is 0 Å². The highest BCUT2D eigenvalue weighted by atomic mass is 19.1. The second-order valence-corrected chi connectivity index (χ2v) is 6.07. The second-order valence-electron chi connectivity index (χ2n) is 6.07. The molecule has 138 valence electrons. The molecule has 0 aliphatic carbocycles. The Labute approximate surface area is 155 Å². The molecule has 0 bridgehead atoms. The summed E-state index contributed by atoms with van der Waals surface area (Å²) in [6, 6.07) is 11.7. The summed E-state index contributed by atoms with van der Waals surface area (Å²) in [5, 5.41) is 8.42. The number of nitrogens with one attached hydrogen (secondary N) is 1. The van der Waals surface area contributed by atoms with Crippen LogP contribution in [-0.4, -0.2) is 21.9 Å². The molecule has 3 rings (SSSR count). The number of aromatic nitrogens is 2. The minimum atomic E-state index is -0.346. The maximum absolute atomic E-state index is 13.1. The van der Waals surface area contributed by atoms with Crippen LogP contribution in [0.4, 0.5) is 8.78 Å². The lowest BCUT2D eigenvalue weighted by Crippen LogP contribution is -2.19. The van der Waals surface area contributed by atoms with Gasteiger partial charge in [0.05, 0.1) is 29.7 Å². The first kappa shape index (κ1) is 18.4. The van der Waals surface area contributed by atoms with Crippen molar-refractivity contribution in [2.75, 3.05) is 0 Å². The van der Waals surface area contributed by atoms with Crippen LogP contribution in [0.1, 0.15) is 22.5 Å². The monoisotopic (exact) mass is 368 g/mol. The van der Waals surface area contributed by atoms with E-state index < -0.39 is 0 Å². The Bertz CT molecular complexity index is 976. The first-order valence-electron chi connectivity index (χ1n) is 8.32. The molecular formula is C20H18F2N4O. The first-order valence-corrected chi connectivity index (χ1v) is 8.32. The fraction of sp³-hybridized carbons (Fsp3) is 0.150. The Kier molecular flexibility index (Phi) is 5.40. The van der Waals surface area contributed by atoms with E-state index in [1.54, 1.807) is 28.9 Å². The number of rotatable bonds is 5. The smallest absolute Gasteiger partial charge is 0.244 e. The quantitative estimate of drug-likeness (QED) is 0.554. The van der Waals surface area contributed by atoms with E-state index in [-0.39, 0.29) is 24.0 Å². The molecule has 0 aliphatic heterocycles. The van der Waals surface area contributed by atoms with Gasteiger partial charge in [0.2, 0.25) is 5.91 Å². The van der Waals surface area contributed by atoms with E-state index >= 15 is 0 Å². The minimum absolute atomic E-state index is 0.102. The van der Waals surface area contributed by atoms with Crippen LogP contribution in [0.2, 0.25) is 0 Å². The van der Waals surface area contributed by atoms with Crippen LogP contribution >= 0.6 is 0 Å². The summed E-state index contributed by atoms with van der Waals surface area (Å²) in [4.78, 5) is 11.9. The van der Waals surface area contributed by atoms with Crippen molar-refractivity contribution in [3.63, 3.8) is 0 Å². The summed E-state index contributed by atoms with van der Waals surface area (Å²) in [5.41, 5.74) is 6.19. The fourth-order valence-electron chi connectivity index (χ4n) is 2.67. The third-order valence-corrected chi connectivity index (χ3v) is 4.08. The average Bonchev–Trinajstić information content (AvgIpc) is 2.92. The Morgan fingerprint density at radius 1 is 1.07 bits per heavy atom. The number of nitrogens with zero attached hydrogens (tertiary/aromatic N) is 3. The molecule has 0 aliphatic rings. The van der Waals surface area contributed by atoms with E-state index in [9.17, 15) is 13.6 Å². The van der Waals surface area contributed by atoms with Crippen LogP contribution in [-0.2, 0) is 11.2 Å². The zero-order chi connectivity index (χ0) is 19.4. The van der Waals surface area contributed by atoms with Gasteiger partial charge < -0.3 is 0 Å². The van der Waals surface area contributed by atoms with Gasteiger partial charge in [-0.05, 0) is 55.8 Å². The number of aryl methyl sites for hydroxylation is 1. The van der Waals surface area contributed by atoms with E-state index in [0.29, 0.717) is 5.56 Å². The molecule has 0 fully saturated rings. The number of hydrogen-bond donors (Lipinski definition) is 1. The van der Waals surface area contributed by atoms with Crippen molar-refractivity contribution in [3.05, 3.63) is 82.7 Å². The lowest BCUT2D eigenvalue weighted by atomic mass is 10.1. The van der Waals surface area contributed by atoms with Gasteiger partial charge >= 0.3 is 0 Å². The number of benzene rings is 2. The molecule has 0 saturated heterocycles. The highest BCUT2D eigenvalue weighted by Crippen LogP contribution is 2.16. The van der Waals surface area contributed by atoms with E-state index in [2.05, 4.69) is 15.6 Å². The lowest BCUT2D eigenvalue weighted by molar-refractivity contribution is -0.120. The summed E-state index contributed by atoms with van der Waals surface area (Å²) < 4.78 is 27.7. The number of hydrazone groups is 1. The highest BCUT2D eigenvalue weighted by molar-refractivity contribution is 5.85. The molecule has 27 heavy (non-hydrogen) atoms. The van der Waals surface area contributed by atoms with Crippen LogP contribution in [0.15, 0.2) is 53.6 Å². The molecule has 0 radical (unpaired) electrons. The molecule has 0 atom stereocenters. The third-order valence-electron chi connectivity index (χ3n) is 4.08. The summed E-state index contributed by atoms with van der Waals surface area (Å²) in [6.45, 7) is 3.69. The Hall–Kier alpha value is -3.35. The maximum atomic E-state index is 13.1. The zero-order valence-electron chi connectivity index (χ0n) is 14.9. The van der Waals surface area contributed by atoms with Gasteiger partial charge in [0.25, 0.3) is 0 Å². The Morgan fingerprint density at radius 3 is 2.30 bits per heavy atom. The van der Waals surface area contributed by atoms with Crippen molar-refractivity contribution in [2.24, 2.45) is 5.10 Å². The molecule has 1 N–H and O–H groups in total. The second kappa shape index (κ2) is 7.90. The maximum Gasteiger partial charge on any atom is 0.244 e. The number of carbonyl (C=O) groups excluding carboxylic acids is 1. The van der Waals surface area contributed by atoms with Crippen molar-refractivity contribution in [3.8, 4) is 5.69 Å².